The van der Waals surface area contributed by atoms with Crippen molar-refractivity contribution in [3.05, 3.63) is 42.0 Å². The lowest BCUT2D eigenvalue weighted by Crippen LogP contribution is -2.00. The van der Waals surface area contributed by atoms with Gasteiger partial charge < -0.3 is 10.6 Å². The number of aromatic nitrogens is 2. The minimum Gasteiger partial charge on any atom is -0.372 e. The van der Waals surface area contributed by atoms with Gasteiger partial charge in [-0.25, -0.2) is 9.37 Å². The standard InChI is InChI=1S/C12H10FN5/c1-15-11-6-16-7-12(18-11)17-10-3-2-9(13)4-8(10)5-14/h2-4,6-7H,1H3,(H2,15,17,18). The van der Waals surface area contributed by atoms with E-state index in [0.29, 0.717) is 17.3 Å². The molecular formula is C12H10FN5. The number of anilines is 3. The molecule has 18 heavy (non-hydrogen) atoms. The van der Waals surface area contributed by atoms with Crippen molar-refractivity contribution in [3.8, 4) is 6.07 Å². The van der Waals surface area contributed by atoms with Crippen LogP contribution in [0.15, 0.2) is 30.6 Å². The molecule has 0 spiro atoms. The maximum atomic E-state index is 13.0. The number of nitrogens with zero attached hydrogens (tertiary/aromatic N) is 3. The number of hydrogen-bond donors (Lipinski definition) is 2. The van der Waals surface area contributed by atoms with Crippen LogP contribution < -0.4 is 10.6 Å². The van der Waals surface area contributed by atoms with Crippen molar-refractivity contribution >= 4 is 17.3 Å². The van der Waals surface area contributed by atoms with E-state index in [1.807, 2.05) is 6.07 Å². The number of nitrogens with one attached hydrogen (secondary N) is 2. The van der Waals surface area contributed by atoms with Crippen LogP contribution in [0, 0.1) is 17.1 Å². The van der Waals surface area contributed by atoms with E-state index in [1.165, 1.54) is 18.3 Å². The smallest absolute Gasteiger partial charge is 0.151 e. The topological polar surface area (TPSA) is 73.6 Å². The Balaban J connectivity index is 2.31. The molecule has 2 N–H and O–H groups in total. The molecule has 1 aromatic heterocycles. The monoisotopic (exact) mass is 243 g/mol. The molecule has 1 heterocycles. The van der Waals surface area contributed by atoms with Crippen molar-refractivity contribution in [3.63, 3.8) is 0 Å². The Bertz CT molecular complexity index is 606. The molecule has 90 valence electrons. The summed E-state index contributed by atoms with van der Waals surface area (Å²) in [6, 6.07) is 5.85. The Morgan fingerprint density at radius 3 is 2.78 bits per heavy atom. The Kier molecular flexibility index (Phi) is 3.34. The molecule has 0 aliphatic heterocycles. The molecule has 0 aliphatic carbocycles. The van der Waals surface area contributed by atoms with Crippen LogP contribution in [0.5, 0.6) is 0 Å². The van der Waals surface area contributed by atoms with Crippen molar-refractivity contribution in [1.29, 1.82) is 5.26 Å². The van der Waals surface area contributed by atoms with Crippen LogP contribution >= 0.6 is 0 Å². The molecule has 0 fully saturated rings. The number of hydrogen-bond acceptors (Lipinski definition) is 5. The zero-order chi connectivity index (χ0) is 13.0. The van der Waals surface area contributed by atoms with Crippen LogP contribution in [0.2, 0.25) is 0 Å². The molecule has 0 unspecified atom stereocenters. The minimum absolute atomic E-state index is 0.215. The lowest BCUT2D eigenvalue weighted by molar-refractivity contribution is 0.627. The summed E-state index contributed by atoms with van der Waals surface area (Å²) < 4.78 is 13.0. The average Bonchev–Trinajstić information content (AvgIpc) is 2.41. The van der Waals surface area contributed by atoms with Gasteiger partial charge in [-0.2, -0.15) is 5.26 Å². The third-order valence-corrected chi connectivity index (χ3v) is 2.26. The van der Waals surface area contributed by atoms with E-state index in [-0.39, 0.29) is 5.56 Å². The third kappa shape index (κ3) is 2.52. The summed E-state index contributed by atoms with van der Waals surface area (Å²) >= 11 is 0. The molecule has 1 aromatic carbocycles. The minimum atomic E-state index is -0.452. The quantitative estimate of drug-likeness (QED) is 0.865. The fourth-order valence-electron chi connectivity index (χ4n) is 1.40. The SMILES string of the molecule is CNc1cncc(Nc2ccc(F)cc2C#N)n1. The zero-order valence-corrected chi connectivity index (χ0v) is 9.61. The normalized spacial score (nSPS) is 9.61. The average molecular weight is 243 g/mol. The van der Waals surface area contributed by atoms with Crippen LogP contribution in [-0.4, -0.2) is 17.0 Å². The van der Waals surface area contributed by atoms with Crippen molar-refractivity contribution in [2.75, 3.05) is 17.7 Å². The highest BCUT2D eigenvalue weighted by Crippen LogP contribution is 2.20. The first-order valence-electron chi connectivity index (χ1n) is 5.19. The van der Waals surface area contributed by atoms with Gasteiger partial charge in [0.1, 0.15) is 17.7 Å². The van der Waals surface area contributed by atoms with Gasteiger partial charge in [-0.3, -0.25) is 4.98 Å². The summed E-state index contributed by atoms with van der Waals surface area (Å²) in [5, 5.41) is 14.7. The van der Waals surface area contributed by atoms with E-state index in [0.717, 1.165) is 6.07 Å². The second-order valence-electron chi connectivity index (χ2n) is 3.47. The predicted octanol–water partition coefficient (Wildman–Crippen LogP) is 2.27. The van der Waals surface area contributed by atoms with Gasteiger partial charge in [-0.05, 0) is 18.2 Å². The molecule has 0 saturated heterocycles. The van der Waals surface area contributed by atoms with E-state index < -0.39 is 5.82 Å². The van der Waals surface area contributed by atoms with Crippen LogP contribution in [0.1, 0.15) is 5.56 Å². The van der Waals surface area contributed by atoms with Crippen LogP contribution in [-0.2, 0) is 0 Å². The van der Waals surface area contributed by atoms with Crippen LogP contribution in [0.25, 0.3) is 0 Å². The van der Waals surface area contributed by atoms with Crippen molar-refractivity contribution < 1.29 is 4.39 Å². The number of rotatable bonds is 3. The number of nitriles is 1. The highest BCUT2D eigenvalue weighted by atomic mass is 19.1. The largest absolute Gasteiger partial charge is 0.372 e. The van der Waals surface area contributed by atoms with Crippen LogP contribution in [0.3, 0.4) is 0 Å². The maximum Gasteiger partial charge on any atom is 0.151 e. The van der Waals surface area contributed by atoms with Gasteiger partial charge in [0, 0.05) is 7.05 Å². The van der Waals surface area contributed by atoms with Crippen molar-refractivity contribution in [2.24, 2.45) is 0 Å². The second-order valence-corrected chi connectivity index (χ2v) is 3.47. The summed E-state index contributed by atoms with van der Waals surface area (Å²) in [5.74, 6) is 0.623. The predicted molar refractivity (Wildman–Crippen MR) is 66.0 cm³/mol. The fraction of sp³-hybridized carbons (Fsp3) is 0.0833. The Labute approximate surface area is 103 Å². The molecule has 0 aliphatic rings. The maximum absolute atomic E-state index is 13.0. The molecular weight excluding hydrogens is 233 g/mol. The third-order valence-electron chi connectivity index (χ3n) is 2.26. The lowest BCUT2D eigenvalue weighted by atomic mass is 10.2. The zero-order valence-electron chi connectivity index (χ0n) is 9.61. The molecule has 0 bridgehead atoms. The summed E-state index contributed by atoms with van der Waals surface area (Å²) in [7, 11) is 1.73. The van der Waals surface area contributed by atoms with Crippen molar-refractivity contribution in [1.82, 2.24) is 9.97 Å². The summed E-state index contributed by atoms with van der Waals surface area (Å²) in [6.45, 7) is 0. The molecule has 0 atom stereocenters. The van der Waals surface area contributed by atoms with Gasteiger partial charge in [0.15, 0.2) is 5.82 Å². The first-order valence-corrected chi connectivity index (χ1v) is 5.19. The second kappa shape index (κ2) is 5.10. The Morgan fingerprint density at radius 2 is 2.06 bits per heavy atom. The first-order chi connectivity index (χ1) is 8.72. The lowest BCUT2D eigenvalue weighted by Gasteiger charge is -2.08. The Morgan fingerprint density at radius 1 is 1.28 bits per heavy atom. The van der Waals surface area contributed by atoms with E-state index in [1.54, 1.807) is 13.2 Å². The molecule has 5 nitrogen and oxygen atoms in total. The van der Waals surface area contributed by atoms with E-state index >= 15 is 0 Å². The number of benzene rings is 1. The molecule has 0 amide bonds. The fourth-order valence-corrected chi connectivity index (χ4v) is 1.40. The molecule has 2 aromatic rings. The van der Waals surface area contributed by atoms with Gasteiger partial charge in [0.2, 0.25) is 0 Å². The van der Waals surface area contributed by atoms with E-state index in [2.05, 4.69) is 20.6 Å². The van der Waals surface area contributed by atoms with Gasteiger partial charge in [0.05, 0.1) is 23.6 Å². The number of halogens is 1. The van der Waals surface area contributed by atoms with E-state index in [9.17, 15) is 4.39 Å². The van der Waals surface area contributed by atoms with Gasteiger partial charge in [-0.15, -0.1) is 0 Å². The highest BCUT2D eigenvalue weighted by molar-refractivity contribution is 5.64. The van der Waals surface area contributed by atoms with Gasteiger partial charge in [-0.1, -0.05) is 0 Å². The summed E-state index contributed by atoms with van der Waals surface area (Å²) in [6.07, 6.45) is 3.09. The van der Waals surface area contributed by atoms with Gasteiger partial charge in [0.25, 0.3) is 0 Å². The summed E-state index contributed by atoms with van der Waals surface area (Å²) in [4.78, 5) is 8.18. The summed E-state index contributed by atoms with van der Waals surface area (Å²) in [5.41, 5.74) is 0.702. The molecule has 2 rings (SSSR count). The van der Waals surface area contributed by atoms with Gasteiger partial charge >= 0.3 is 0 Å². The van der Waals surface area contributed by atoms with E-state index in [4.69, 9.17) is 5.26 Å². The highest BCUT2D eigenvalue weighted by Gasteiger charge is 2.05. The Hall–Kier alpha value is -2.68. The van der Waals surface area contributed by atoms with Crippen molar-refractivity contribution in [2.45, 2.75) is 0 Å². The van der Waals surface area contributed by atoms with Crippen LogP contribution in [0.4, 0.5) is 21.7 Å². The first kappa shape index (κ1) is 11.8. The molecule has 6 heteroatoms. The molecule has 0 saturated carbocycles. The molecule has 0 radical (unpaired) electrons.